The van der Waals surface area contributed by atoms with Gasteiger partial charge in [-0.1, -0.05) is 0 Å². The first-order valence-corrected chi connectivity index (χ1v) is 13.7. The second-order valence-electron chi connectivity index (χ2n) is 7.89. The van der Waals surface area contributed by atoms with E-state index in [0.29, 0.717) is 39.6 Å². The van der Waals surface area contributed by atoms with Crippen LogP contribution in [0.3, 0.4) is 0 Å². The van der Waals surface area contributed by atoms with Crippen LogP contribution in [-0.2, 0) is 76.1 Å². The lowest BCUT2D eigenvalue weighted by molar-refractivity contribution is -0.146. The van der Waals surface area contributed by atoms with Crippen molar-refractivity contribution in [2.45, 2.75) is 0 Å². The van der Waals surface area contributed by atoms with E-state index >= 15 is 0 Å². The molecule has 0 aliphatic heterocycles. The van der Waals surface area contributed by atoms with Gasteiger partial charge in [0.05, 0.1) is 79.3 Å². The highest BCUT2D eigenvalue weighted by Crippen LogP contribution is 1.82. The standard InChI is InChI=1S/C8H14O7.C7H14O5.C6H10O6.C5H10O4/c9-7(10)5-14-3-1-13-2-4-15-6-8(11)12;1-10-2-3-11-4-5-12-6-7(8)9;7-5(8)3-11-1-2-12-4-6(9)10;1-8-2-3-9-4-5(6)7/h1-6H2,(H,9,10)(H,11,12);2-6H2,1H3,(H,8,9);1-4H2,(H,7,8)(H,9,10);2-4H2,1H3,(H,6,7). The van der Waals surface area contributed by atoms with Crippen molar-refractivity contribution in [3.8, 4) is 0 Å². The van der Waals surface area contributed by atoms with Crippen LogP contribution in [0.1, 0.15) is 0 Å². The van der Waals surface area contributed by atoms with Crippen LogP contribution in [0.2, 0.25) is 0 Å². The van der Waals surface area contributed by atoms with Crippen molar-refractivity contribution in [2.24, 2.45) is 0 Å². The van der Waals surface area contributed by atoms with Crippen LogP contribution in [0.15, 0.2) is 0 Å². The molecule has 0 amide bonds. The maximum absolute atomic E-state index is 10.00. The summed E-state index contributed by atoms with van der Waals surface area (Å²) >= 11 is 0. The lowest BCUT2D eigenvalue weighted by atomic mass is 10.7. The number of aliphatic carboxylic acids is 6. The SMILES string of the molecule is COCCOCC(=O)O.COCCOCCOCC(=O)O.O=C(O)COCCOCC(=O)O.O=C(O)COCCOCCOCC(=O)O. The number of rotatable bonds is 30. The van der Waals surface area contributed by atoms with E-state index in [2.05, 4.69) is 28.4 Å². The summed E-state index contributed by atoms with van der Waals surface area (Å²) in [6.07, 6.45) is 0. The average Bonchev–Trinajstić information content (AvgIpc) is 3.00. The van der Waals surface area contributed by atoms with Crippen LogP contribution in [0.25, 0.3) is 0 Å². The van der Waals surface area contributed by atoms with Gasteiger partial charge in [-0.15, -0.1) is 0 Å². The van der Waals surface area contributed by atoms with Crippen molar-refractivity contribution in [2.75, 3.05) is 133 Å². The summed E-state index contributed by atoms with van der Waals surface area (Å²) in [6.45, 7) is 1.57. The molecule has 0 fully saturated rings. The molecule has 0 aromatic carbocycles. The first kappa shape index (κ1) is 51.3. The smallest absolute Gasteiger partial charge is 0.329 e. The van der Waals surface area contributed by atoms with Crippen molar-refractivity contribution in [1.82, 2.24) is 0 Å². The van der Waals surface area contributed by atoms with E-state index < -0.39 is 49.0 Å². The first-order chi connectivity index (χ1) is 22.8. The Morgan fingerprint density at radius 3 is 0.604 bits per heavy atom. The van der Waals surface area contributed by atoms with Gasteiger partial charge in [0.2, 0.25) is 0 Å². The van der Waals surface area contributed by atoms with Crippen LogP contribution in [0.4, 0.5) is 0 Å². The molecule has 0 aliphatic carbocycles. The Hall–Kier alpha value is -3.58. The molecule has 0 saturated heterocycles. The molecule has 0 saturated carbocycles. The summed E-state index contributed by atoms with van der Waals surface area (Å²) in [6, 6.07) is 0. The summed E-state index contributed by atoms with van der Waals surface area (Å²) in [5, 5.41) is 48.8. The molecule has 0 radical (unpaired) electrons. The molecule has 284 valence electrons. The second kappa shape index (κ2) is 43.4. The average molecular weight is 713 g/mol. The van der Waals surface area contributed by atoms with E-state index in [0.717, 1.165) is 0 Å². The third-order valence-electron chi connectivity index (χ3n) is 3.70. The minimum atomic E-state index is -1.06. The van der Waals surface area contributed by atoms with Crippen molar-refractivity contribution < 1.29 is 107 Å². The summed E-state index contributed by atoms with van der Waals surface area (Å²) < 4.78 is 47.1. The zero-order valence-corrected chi connectivity index (χ0v) is 26.9. The number of methoxy groups -OCH3 is 2. The van der Waals surface area contributed by atoms with Crippen LogP contribution in [-0.4, -0.2) is 200 Å². The largest absolute Gasteiger partial charge is 0.480 e. The number of carboxylic acid groups (broad SMARTS) is 6. The number of ether oxygens (including phenoxy) is 10. The molecule has 0 atom stereocenters. The molecule has 22 nitrogen and oxygen atoms in total. The normalized spacial score (nSPS) is 9.88. The minimum absolute atomic E-state index is 0.0829. The molecule has 0 aliphatic rings. The lowest BCUT2D eigenvalue weighted by Gasteiger charge is -2.04. The van der Waals surface area contributed by atoms with E-state index in [1.165, 1.54) is 7.11 Å². The van der Waals surface area contributed by atoms with E-state index in [-0.39, 0.29) is 66.1 Å². The minimum Gasteiger partial charge on any atom is -0.480 e. The number of carbonyl (C=O) groups is 6. The Labute approximate surface area is 276 Å². The number of hydrogen-bond donors (Lipinski definition) is 6. The van der Waals surface area contributed by atoms with Crippen molar-refractivity contribution in [3.05, 3.63) is 0 Å². The Morgan fingerprint density at radius 1 is 0.292 bits per heavy atom. The molecule has 0 aromatic rings. The van der Waals surface area contributed by atoms with Gasteiger partial charge in [-0.25, -0.2) is 28.8 Å². The molecule has 0 bridgehead atoms. The van der Waals surface area contributed by atoms with Gasteiger partial charge in [-0.3, -0.25) is 0 Å². The Balaban J connectivity index is -0.000000273. The fourth-order valence-corrected chi connectivity index (χ4v) is 1.92. The van der Waals surface area contributed by atoms with E-state index in [1.807, 2.05) is 0 Å². The first-order valence-electron chi connectivity index (χ1n) is 13.7. The number of hydrogen-bond acceptors (Lipinski definition) is 16. The zero-order valence-electron chi connectivity index (χ0n) is 26.9. The van der Waals surface area contributed by atoms with Gasteiger partial charge >= 0.3 is 35.8 Å². The summed E-state index contributed by atoms with van der Waals surface area (Å²) in [5.74, 6) is -6.10. The fourth-order valence-electron chi connectivity index (χ4n) is 1.92. The topological polar surface area (TPSA) is 316 Å². The van der Waals surface area contributed by atoms with Crippen LogP contribution < -0.4 is 0 Å². The molecule has 22 heteroatoms. The lowest BCUT2D eigenvalue weighted by Crippen LogP contribution is -2.14. The second-order valence-corrected chi connectivity index (χ2v) is 7.89. The van der Waals surface area contributed by atoms with E-state index in [1.54, 1.807) is 7.11 Å². The quantitative estimate of drug-likeness (QED) is 0.0433. The van der Waals surface area contributed by atoms with Gasteiger partial charge in [-0.2, -0.15) is 0 Å². The number of carboxylic acids is 6. The molecule has 6 N–H and O–H groups in total. The fraction of sp³-hybridized carbons (Fsp3) is 0.769. The molecule has 0 heterocycles. The van der Waals surface area contributed by atoms with Crippen molar-refractivity contribution >= 4 is 35.8 Å². The van der Waals surface area contributed by atoms with Gasteiger partial charge in [0, 0.05) is 14.2 Å². The molecule has 0 spiro atoms. The predicted octanol–water partition coefficient (Wildman–Crippen LogP) is -2.12. The third-order valence-corrected chi connectivity index (χ3v) is 3.70. The van der Waals surface area contributed by atoms with E-state index in [9.17, 15) is 28.8 Å². The van der Waals surface area contributed by atoms with Gasteiger partial charge < -0.3 is 78.0 Å². The molecular weight excluding hydrogens is 664 g/mol. The Bertz CT molecular complexity index is 754. The van der Waals surface area contributed by atoms with Gasteiger partial charge in [0.25, 0.3) is 0 Å². The van der Waals surface area contributed by atoms with Crippen molar-refractivity contribution in [1.29, 1.82) is 0 Å². The summed E-state index contributed by atoms with van der Waals surface area (Å²) in [7, 11) is 3.12. The molecule has 0 aromatic heterocycles. The molecule has 48 heavy (non-hydrogen) atoms. The Kier molecular flexibility index (Phi) is 46.4. The van der Waals surface area contributed by atoms with Gasteiger partial charge in [-0.05, 0) is 0 Å². The monoisotopic (exact) mass is 712 g/mol. The molecule has 0 rings (SSSR count). The third kappa shape index (κ3) is 69.2. The molecular formula is C26H48O22. The van der Waals surface area contributed by atoms with Crippen LogP contribution >= 0.6 is 0 Å². The highest BCUT2D eigenvalue weighted by Gasteiger charge is 1.99. The highest BCUT2D eigenvalue weighted by atomic mass is 16.6. The predicted molar refractivity (Wildman–Crippen MR) is 156 cm³/mol. The van der Waals surface area contributed by atoms with Gasteiger partial charge in [0.15, 0.2) is 0 Å². The van der Waals surface area contributed by atoms with Crippen LogP contribution in [0, 0.1) is 0 Å². The summed E-state index contributed by atoms with van der Waals surface area (Å²) in [5.41, 5.74) is 0. The zero-order chi connectivity index (χ0) is 37.3. The maximum Gasteiger partial charge on any atom is 0.329 e. The van der Waals surface area contributed by atoms with Crippen LogP contribution in [0.5, 0.6) is 0 Å². The van der Waals surface area contributed by atoms with Gasteiger partial charge in [0.1, 0.15) is 39.6 Å². The summed E-state index contributed by atoms with van der Waals surface area (Å²) in [4.78, 5) is 59.5. The highest BCUT2D eigenvalue weighted by molar-refractivity contribution is 5.69. The van der Waals surface area contributed by atoms with E-state index in [4.69, 9.17) is 49.6 Å². The maximum atomic E-state index is 10.00. The van der Waals surface area contributed by atoms with Crippen molar-refractivity contribution in [3.63, 3.8) is 0 Å². The Morgan fingerprint density at radius 2 is 0.438 bits per heavy atom. The molecule has 0 unspecified atom stereocenters.